The molecule has 0 spiro atoms. The molecule has 10 heteroatoms. The van der Waals surface area contributed by atoms with Crippen molar-refractivity contribution in [2.45, 2.75) is 37.8 Å². The average molecular weight is 681 g/mol. The fraction of sp³-hybridized carbons (Fsp3) is 0.235. The number of benzene rings is 4. The smallest absolute Gasteiger partial charge is 0.264 e. The quantitative estimate of drug-likeness (QED) is 0.182. The Morgan fingerprint density at radius 2 is 1.50 bits per heavy atom. The summed E-state index contributed by atoms with van der Waals surface area (Å²) >= 11 is 3.40. The maximum Gasteiger partial charge on any atom is 0.264 e. The van der Waals surface area contributed by atoms with Crippen LogP contribution in [0.25, 0.3) is 0 Å². The summed E-state index contributed by atoms with van der Waals surface area (Å²) in [6.45, 7) is 3.43. The number of rotatable bonds is 13. The summed E-state index contributed by atoms with van der Waals surface area (Å²) in [6.07, 6.45) is 0.146. The summed E-state index contributed by atoms with van der Waals surface area (Å²) in [5, 5.41) is 2.92. The van der Waals surface area contributed by atoms with E-state index in [1.807, 2.05) is 44.2 Å². The monoisotopic (exact) mass is 679 g/mol. The minimum atomic E-state index is -4.22. The first kappa shape index (κ1) is 32.9. The molecule has 1 atom stereocenters. The Bertz CT molecular complexity index is 1670. The molecule has 0 aliphatic carbocycles. The van der Waals surface area contributed by atoms with E-state index in [1.54, 1.807) is 60.7 Å². The minimum absolute atomic E-state index is 0.00365. The van der Waals surface area contributed by atoms with Crippen molar-refractivity contribution in [3.8, 4) is 0 Å². The Balaban J connectivity index is 1.80. The third-order valence-electron chi connectivity index (χ3n) is 6.96. The maximum absolute atomic E-state index is 15.0. The second kappa shape index (κ2) is 15.1. The highest BCUT2D eigenvalue weighted by molar-refractivity contribution is 9.10. The van der Waals surface area contributed by atoms with E-state index in [0.717, 1.165) is 9.87 Å². The first-order valence-electron chi connectivity index (χ1n) is 14.2. The summed E-state index contributed by atoms with van der Waals surface area (Å²) in [5.41, 5.74) is 1.26. The molecule has 1 unspecified atom stereocenters. The lowest BCUT2D eigenvalue weighted by molar-refractivity contribution is -0.140. The van der Waals surface area contributed by atoms with Crippen molar-refractivity contribution in [2.24, 2.45) is 5.92 Å². The van der Waals surface area contributed by atoms with E-state index >= 15 is 0 Å². The Labute approximate surface area is 266 Å². The van der Waals surface area contributed by atoms with Gasteiger partial charge in [-0.2, -0.15) is 0 Å². The third kappa shape index (κ3) is 8.54. The predicted molar refractivity (Wildman–Crippen MR) is 174 cm³/mol. The fourth-order valence-corrected chi connectivity index (χ4v) is 6.48. The number of halogens is 2. The Hall–Kier alpha value is -4.02. The second-order valence-corrected chi connectivity index (χ2v) is 13.5. The first-order chi connectivity index (χ1) is 21.1. The van der Waals surface area contributed by atoms with E-state index in [0.29, 0.717) is 11.0 Å². The highest BCUT2D eigenvalue weighted by Gasteiger charge is 2.35. The molecule has 0 saturated carbocycles. The number of anilines is 1. The molecular formula is C34H35BrFN3O4S. The SMILES string of the molecule is CC(C)CNC(=O)C(Cc1ccccc1)N(Cc1ccccc1F)C(=O)CN(c1cccc(Br)c1)S(=O)(=O)c1ccccc1. The molecule has 2 amide bonds. The van der Waals surface area contributed by atoms with E-state index in [2.05, 4.69) is 21.2 Å². The van der Waals surface area contributed by atoms with Crippen LogP contribution in [0, 0.1) is 11.7 Å². The van der Waals surface area contributed by atoms with Gasteiger partial charge in [-0.15, -0.1) is 0 Å². The molecule has 1 N–H and O–H groups in total. The van der Waals surface area contributed by atoms with Crippen molar-refractivity contribution < 1.29 is 22.4 Å². The molecule has 0 aliphatic rings. The van der Waals surface area contributed by atoms with E-state index in [9.17, 15) is 22.4 Å². The number of amides is 2. The van der Waals surface area contributed by atoms with Gasteiger partial charge in [-0.05, 0) is 47.9 Å². The highest BCUT2D eigenvalue weighted by Crippen LogP contribution is 2.27. The lowest BCUT2D eigenvalue weighted by atomic mass is 10.0. The Morgan fingerprint density at radius 1 is 0.864 bits per heavy atom. The summed E-state index contributed by atoms with van der Waals surface area (Å²) in [7, 11) is -4.22. The van der Waals surface area contributed by atoms with Gasteiger partial charge in [0.05, 0.1) is 10.6 Å². The van der Waals surface area contributed by atoms with E-state index < -0.39 is 40.2 Å². The number of carbonyl (C=O) groups excluding carboxylic acids is 2. The third-order valence-corrected chi connectivity index (χ3v) is 9.24. The van der Waals surface area contributed by atoms with Gasteiger partial charge in [-0.25, -0.2) is 12.8 Å². The molecule has 4 aromatic carbocycles. The maximum atomic E-state index is 15.0. The van der Waals surface area contributed by atoms with E-state index in [1.165, 1.54) is 23.1 Å². The number of hydrogen-bond acceptors (Lipinski definition) is 4. The van der Waals surface area contributed by atoms with Crippen LogP contribution in [-0.2, 0) is 32.6 Å². The van der Waals surface area contributed by atoms with Crippen LogP contribution in [0.3, 0.4) is 0 Å². The van der Waals surface area contributed by atoms with Crippen molar-refractivity contribution in [3.63, 3.8) is 0 Å². The van der Waals surface area contributed by atoms with Gasteiger partial charge in [-0.3, -0.25) is 13.9 Å². The lowest BCUT2D eigenvalue weighted by Gasteiger charge is -2.34. The van der Waals surface area contributed by atoms with Crippen molar-refractivity contribution >= 4 is 43.5 Å². The van der Waals surface area contributed by atoms with Crippen molar-refractivity contribution in [1.29, 1.82) is 0 Å². The van der Waals surface area contributed by atoms with Crippen LogP contribution < -0.4 is 9.62 Å². The van der Waals surface area contributed by atoms with Gasteiger partial charge in [0.1, 0.15) is 18.4 Å². The second-order valence-electron chi connectivity index (χ2n) is 10.8. The van der Waals surface area contributed by atoms with Gasteiger partial charge < -0.3 is 10.2 Å². The molecule has 0 aliphatic heterocycles. The molecule has 0 bridgehead atoms. The van der Waals surface area contributed by atoms with Gasteiger partial charge in [0.25, 0.3) is 10.0 Å². The summed E-state index contributed by atoms with van der Waals surface area (Å²) in [4.78, 5) is 29.4. The normalized spacial score (nSPS) is 12.0. The van der Waals surface area contributed by atoms with Crippen LogP contribution in [0.2, 0.25) is 0 Å². The first-order valence-corrected chi connectivity index (χ1v) is 16.5. The van der Waals surface area contributed by atoms with Gasteiger partial charge >= 0.3 is 0 Å². The van der Waals surface area contributed by atoms with Crippen molar-refractivity contribution in [3.05, 3.63) is 131 Å². The molecule has 0 fully saturated rings. The fourth-order valence-electron chi connectivity index (χ4n) is 4.67. The Morgan fingerprint density at radius 3 is 2.14 bits per heavy atom. The standard InChI is InChI=1S/C34H35BrFN3O4S/c1-25(2)22-37-34(41)32(20-26-12-5-3-6-13-26)38(23-27-14-9-10-19-31(27)36)33(40)24-39(29-16-11-15-28(35)21-29)44(42,43)30-17-7-4-8-18-30/h3-19,21,25,32H,20,22-24H2,1-2H3,(H,37,41). The molecule has 0 saturated heterocycles. The topological polar surface area (TPSA) is 86.8 Å². The molecule has 4 rings (SSSR count). The number of hydrogen-bond donors (Lipinski definition) is 1. The van der Waals surface area contributed by atoms with Gasteiger partial charge in [-0.1, -0.05) is 103 Å². The minimum Gasteiger partial charge on any atom is -0.354 e. The number of sulfonamides is 1. The molecular weight excluding hydrogens is 645 g/mol. The number of nitrogens with one attached hydrogen (secondary N) is 1. The van der Waals surface area contributed by atoms with Crippen LogP contribution in [0.15, 0.2) is 119 Å². The molecule has 0 aromatic heterocycles. The molecule has 0 radical (unpaired) electrons. The average Bonchev–Trinajstić information content (AvgIpc) is 3.02. The zero-order valence-electron chi connectivity index (χ0n) is 24.6. The van der Waals surface area contributed by atoms with Crippen LogP contribution >= 0.6 is 15.9 Å². The summed E-state index contributed by atoms with van der Waals surface area (Å²) in [5.74, 6) is -1.46. The van der Waals surface area contributed by atoms with Crippen LogP contribution in [0.5, 0.6) is 0 Å². The number of nitrogens with zero attached hydrogens (tertiary/aromatic N) is 2. The van der Waals surface area contributed by atoms with Crippen LogP contribution in [0.1, 0.15) is 25.0 Å². The zero-order chi connectivity index (χ0) is 31.7. The predicted octanol–water partition coefficient (Wildman–Crippen LogP) is 6.20. The molecule has 7 nitrogen and oxygen atoms in total. The van der Waals surface area contributed by atoms with E-state index in [-0.39, 0.29) is 35.0 Å². The molecule has 4 aromatic rings. The largest absolute Gasteiger partial charge is 0.354 e. The Kier molecular flexibility index (Phi) is 11.3. The highest BCUT2D eigenvalue weighted by atomic mass is 79.9. The van der Waals surface area contributed by atoms with Crippen molar-refractivity contribution in [2.75, 3.05) is 17.4 Å². The lowest BCUT2D eigenvalue weighted by Crippen LogP contribution is -2.53. The van der Waals surface area contributed by atoms with E-state index in [4.69, 9.17) is 0 Å². The van der Waals surface area contributed by atoms with Crippen molar-refractivity contribution in [1.82, 2.24) is 10.2 Å². The van der Waals surface area contributed by atoms with Gasteiger partial charge in [0.15, 0.2) is 0 Å². The zero-order valence-corrected chi connectivity index (χ0v) is 27.0. The van der Waals surface area contributed by atoms with Crippen LogP contribution in [0.4, 0.5) is 10.1 Å². The number of carbonyl (C=O) groups is 2. The summed E-state index contributed by atoms with van der Waals surface area (Å²) in [6, 6.07) is 28.7. The van der Waals surface area contributed by atoms with Gasteiger partial charge in [0.2, 0.25) is 11.8 Å². The molecule has 44 heavy (non-hydrogen) atoms. The molecule has 0 heterocycles. The van der Waals surface area contributed by atoms with Crippen LogP contribution in [-0.4, -0.2) is 44.3 Å². The molecule has 230 valence electrons. The van der Waals surface area contributed by atoms with Gasteiger partial charge in [0, 0.05) is 29.5 Å². The summed E-state index contributed by atoms with van der Waals surface area (Å²) < 4.78 is 44.6.